The molecule has 0 spiro atoms. The van der Waals surface area contributed by atoms with E-state index in [1.165, 1.54) is 0 Å². The lowest BCUT2D eigenvalue weighted by atomic mass is 10.0. The Morgan fingerprint density at radius 1 is 1.14 bits per heavy atom. The van der Waals surface area contributed by atoms with Gasteiger partial charge in [-0.05, 0) is 54.5 Å². The van der Waals surface area contributed by atoms with E-state index >= 15 is 0 Å². The minimum Gasteiger partial charge on any atom is -0.352 e. The zero-order valence-electron chi connectivity index (χ0n) is 15.8. The van der Waals surface area contributed by atoms with E-state index in [-0.39, 0.29) is 12.1 Å². The van der Waals surface area contributed by atoms with Crippen LogP contribution in [0.15, 0.2) is 61.1 Å². The van der Waals surface area contributed by atoms with Crippen LogP contribution >= 0.6 is 23.8 Å². The second-order valence-electron chi connectivity index (χ2n) is 7.31. The lowest BCUT2D eigenvalue weighted by Gasteiger charge is -2.30. The number of nitrogens with one attached hydrogen (secondary N) is 1. The molecule has 144 valence electrons. The summed E-state index contributed by atoms with van der Waals surface area (Å²) in [5, 5.41) is 4.87. The van der Waals surface area contributed by atoms with Crippen molar-refractivity contribution in [1.29, 1.82) is 0 Å². The maximum Gasteiger partial charge on any atom is 0.170 e. The third-order valence-corrected chi connectivity index (χ3v) is 5.38. The summed E-state index contributed by atoms with van der Waals surface area (Å²) in [4.78, 5) is 11.4. The van der Waals surface area contributed by atoms with Crippen LogP contribution in [0.25, 0.3) is 5.82 Å². The molecule has 0 amide bonds. The van der Waals surface area contributed by atoms with Crippen LogP contribution < -0.4 is 5.32 Å². The fraction of sp³-hybridized carbons (Fsp3) is 0.286. The SMILES string of the molecule is CC(C)CN1C(=S)N[C@H](c2ccccn2)[C@@H]1c1cccn1-c1ccc(Cl)cn1. The van der Waals surface area contributed by atoms with Crippen LogP contribution in [0.1, 0.15) is 37.3 Å². The van der Waals surface area contributed by atoms with Crippen LogP contribution in [-0.4, -0.2) is 31.1 Å². The number of halogens is 1. The minimum atomic E-state index is -0.0339. The standard InChI is InChI=1S/C21H22ClN5S/c1-14(2)13-27-20(19(25-21(27)28)16-6-3-4-10-23-16)17-7-5-11-26(17)18-9-8-15(22)12-24-18/h3-12,14,19-20H,13H2,1-2H3,(H,25,28)/t19-,20+/m1/s1. The van der Waals surface area contributed by atoms with Gasteiger partial charge in [-0.1, -0.05) is 31.5 Å². The smallest absolute Gasteiger partial charge is 0.170 e. The first-order valence-corrected chi connectivity index (χ1v) is 10.1. The Hall–Kier alpha value is -2.44. The summed E-state index contributed by atoms with van der Waals surface area (Å²) < 4.78 is 2.10. The molecule has 0 aliphatic carbocycles. The maximum absolute atomic E-state index is 6.03. The third kappa shape index (κ3) is 3.62. The molecule has 2 atom stereocenters. The molecule has 1 aliphatic rings. The summed E-state index contributed by atoms with van der Waals surface area (Å²) in [6.07, 6.45) is 5.51. The van der Waals surface area contributed by atoms with Crippen molar-refractivity contribution in [2.75, 3.05) is 6.54 Å². The first kappa shape index (κ1) is 18.9. The topological polar surface area (TPSA) is 46.0 Å². The summed E-state index contributed by atoms with van der Waals surface area (Å²) in [6, 6.07) is 13.9. The van der Waals surface area contributed by atoms with Crippen molar-refractivity contribution in [3.63, 3.8) is 0 Å². The van der Waals surface area contributed by atoms with Gasteiger partial charge in [0.2, 0.25) is 0 Å². The molecule has 1 saturated heterocycles. The highest BCUT2D eigenvalue weighted by molar-refractivity contribution is 7.80. The number of hydrogen-bond donors (Lipinski definition) is 1. The summed E-state index contributed by atoms with van der Waals surface area (Å²) in [6.45, 7) is 5.26. The van der Waals surface area contributed by atoms with Crippen molar-refractivity contribution in [3.8, 4) is 5.82 Å². The second kappa shape index (κ2) is 7.89. The normalized spacial score (nSPS) is 19.3. The highest BCUT2D eigenvalue weighted by Crippen LogP contribution is 2.39. The minimum absolute atomic E-state index is 0.0114. The van der Waals surface area contributed by atoms with Gasteiger partial charge < -0.3 is 14.8 Å². The van der Waals surface area contributed by atoms with Gasteiger partial charge in [-0.3, -0.25) is 4.98 Å². The Morgan fingerprint density at radius 2 is 2.00 bits per heavy atom. The van der Waals surface area contributed by atoms with Crippen LogP contribution in [0.5, 0.6) is 0 Å². The molecule has 1 aliphatic heterocycles. The molecule has 0 saturated carbocycles. The third-order valence-electron chi connectivity index (χ3n) is 4.80. The van der Waals surface area contributed by atoms with Gasteiger partial charge in [0, 0.05) is 30.8 Å². The van der Waals surface area contributed by atoms with E-state index in [1.807, 2.05) is 48.8 Å². The van der Waals surface area contributed by atoms with Crippen LogP contribution in [-0.2, 0) is 0 Å². The number of rotatable bonds is 5. The Balaban J connectivity index is 1.80. The van der Waals surface area contributed by atoms with Crippen LogP contribution in [0, 0.1) is 5.92 Å². The van der Waals surface area contributed by atoms with E-state index in [2.05, 4.69) is 44.7 Å². The summed E-state index contributed by atoms with van der Waals surface area (Å²) in [7, 11) is 0. The first-order valence-electron chi connectivity index (χ1n) is 9.32. The molecule has 0 bridgehead atoms. The Labute approximate surface area is 175 Å². The Morgan fingerprint density at radius 3 is 2.68 bits per heavy atom. The first-order chi connectivity index (χ1) is 13.5. The van der Waals surface area contributed by atoms with Crippen molar-refractivity contribution in [3.05, 3.63) is 77.5 Å². The van der Waals surface area contributed by atoms with Crippen molar-refractivity contribution < 1.29 is 0 Å². The molecule has 4 heterocycles. The van der Waals surface area contributed by atoms with Gasteiger partial charge in [0.05, 0.1) is 22.8 Å². The lowest BCUT2D eigenvalue weighted by Crippen LogP contribution is -2.33. The van der Waals surface area contributed by atoms with Crippen molar-refractivity contribution in [2.45, 2.75) is 25.9 Å². The number of aromatic nitrogens is 3. The fourth-order valence-corrected chi connectivity index (χ4v) is 4.10. The van der Waals surface area contributed by atoms with E-state index in [9.17, 15) is 0 Å². The van der Waals surface area contributed by atoms with E-state index in [0.717, 1.165) is 28.9 Å². The molecule has 4 rings (SSSR count). The van der Waals surface area contributed by atoms with Gasteiger partial charge in [-0.25, -0.2) is 4.98 Å². The monoisotopic (exact) mass is 411 g/mol. The van der Waals surface area contributed by atoms with E-state index < -0.39 is 0 Å². The van der Waals surface area contributed by atoms with E-state index in [4.69, 9.17) is 23.8 Å². The molecule has 3 aromatic heterocycles. The predicted molar refractivity (Wildman–Crippen MR) is 116 cm³/mol. The quantitative estimate of drug-likeness (QED) is 0.624. The number of nitrogens with zero attached hydrogens (tertiary/aromatic N) is 4. The average Bonchev–Trinajstić information content (AvgIpc) is 3.28. The predicted octanol–water partition coefficient (Wildman–Crippen LogP) is 4.55. The second-order valence-corrected chi connectivity index (χ2v) is 8.13. The maximum atomic E-state index is 6.03. The van der Waals surface area contributed by atoms with Gasteiger partial charge in [0.15, 0.2) is 5.11 Å². The molecule has 1 fully saturated rings. The van der Waals surface area contributed by atoms with Crippen LogP contribution in [0.2, 0.25) is 5.02 Å². The zero-order chi connectivity index (χ0) is 19.7. The molecule has 0 unspecified atom stereocenters. The molecule has 0 radical (unpaired) electrons. The largest absolute Gasteiger partial charge is 0.352 e. The van der Waals surface area contributed by atoms with E-state index in [1.54, 1.807) is 6.20 Å². The molecular weight excluding hydrogens is 390 g/mol. The molecule has 0 aromatic carbocycles. The molecule has 1 N–H and O–H groups in total. The summed E-state index contributed by atoms with van der Waals surface area (Å²) in [5.41, 5.74) is 2.08. The number of pyridine rings is 2. The van der Waals surface area contributed by atoms with Gasteiger partial charge in [0.1, 0.15) is 5.82 Å². The van der Waals surface area contributed by atoms with Crippen LogP contribution in [0.3, 0.4) is 0 Å². The van der Waals surface area contributed by atoms with Gasteiger partial charge in [0.25, 0.3) is 0 Å². The molecule has 3 aromatic rings. The zero-order valence-corrected chi connectivity index (χ0v) is 17.4. The Bertz CT molecular complexity index is 954. The molecular formula is C21H22ClN5S. The van der Waals surface area contributed by atoms with Gasteiger partial charge in [-0.2, -0.15) is 0 Å². The number of hydrogen-bond acceptors (Lipinski definition) is 3. The number of thiocarbonyl (C=S) groups is 1. The molecule has 5 nitrogen and oxygen atoms in total. The summed E-state index contributed by atoms with van der Waals surface area (Å²) in [5.74, 6) is 1.30. The fourth-order valence-electron chi connectivity index (χ4n) is 3.67. The molecule has 28 heavy (non-hydrogen) atoms. The Kier molecular flexibility index (Phi) is 5.33. The average molecular weight is 412 g/mol. The van der Waals surface area contributed by atoms with Gasteiger partial charge in [-0.15, -0.1) is 0 Å². The van der Waals surface area contributed by atoms with Gasteiger partial charge >= 0.3 is 0 Å². The van der Waals surface area contributed by atoms with Crippen molar-refractivity contribution >= 4 is 28.9 Å². The van der Waals surface area contributed by atoms with Crippen molar-refractivity contribution in [2.24, 2.45) is 5.92 Å². The van der Waals surface area contributed by atoms with Crippen LogP contribution in [0.4, 0.5) is 0 Å². The highest BCUT2D eigenvalue weighted by Gasteiger charge is 2.41. The van der Waals surface area contributed by atoms with E-state index in [0.29, 0.717) is 10.9 Å². The molecule has 7 heteroatoms. The summed E-state index contributed by atoms with van der Waals surface area (Å²) >= 11 is 11.7. The highest BCUT2D eigenvalue weighted by atomic mass is 35.5. The van der Waals surface area contributed by atoms with Crippen molar-refractivity contribution in [1.82, 2.24) is 24.8 Å². The lowest BCUT2D eigenvalue weighted by molar-refractivity contribution is 0.280.